The molecule has 0 aromatic carbocycles. The summed E-state index contributed by atoms with van der Waals surface area (Å²) in [4.78, 5) is 28.7. The van der Waals surface area contributed by atoms with Crippen LogP contribution in [0.2, 0.25) is 0 Å². The molecule has 1 aromatic rings. The maximum absolute atomic E-state index is 12.8. The Morgan fingerprint density at radius 3 is 2.50 bits per heavy atom. The number of hydrogen-bond acceptors (Lipinski definition) is 2. The number of rotatable bonds is 3. The first kappa shape index (κ1) is 14.6. The molecule has 2 N–H and O–H groups in total. The largest absolute Gasteiger partial charge is 0.477 e. The predicted molar refractivity (Wildman–Crippen MR) is 76.2 cm³/mol. The average Bonchev–Trinajstić information content (AvgIpc) is 2.89. The summed E-state index contributed by atoms with van der Waals surface area (Å²) in [6.45, 7) is 7.60. The van der Waals surface area contributed by atoms with Crippen molar-refractivity contribution < 1.29 is 14.7 Å². The van der Waals surface area contributed by atoms with Gasteiger partial charge in [0.1, 0.15) is 5.69 Å². The zero-order valence-electron chi connectivity index (χ0n) is 12.5. The summed E-state index contributed by atoms with van der Waals surface area (Å²) in [5.41, 5.74) is 1.81. The van der Waals surface area contributed by atoms with Crippen LogP contribution >= 0.6 is 0 Å². The highest BCUT2D eigenvalue weighted by molar-refractivity contribution is 6.01. The summed E-state index contributed by atoms with van der Waals surface area (Å²) in [7, 11) is 0. The molecule has 5 nitrogen and oxygen atoms in total. The van der Waals surface area contributed by atoms with E-state index in [0.29, 0.717) is 16.8 Å². The number of nitrogens with one attached hydrogen (secondary N) is 1. The number of carbonyl (C=O) groups is 2. The fraction of sp³-hybridized carbons (Fsp3) is 0.600. The maximum Gasteiger partial charge on any atom is 0.352 e. The molecule has 0 bridgehead atoms. The van der Waals surface area contributed by atoms with Gasteiger partial charge in [-0.2, -0.15) is 0 Å². The van der Waals surface area contributed by atoms with Crippen molar-refractivity contribution >= 4 is 11.9 Å². The van der Waals surface area contributed by atoms with Crippen LogP contribution in [0.1, 0.15) is 65.2 Å². The maximum atomic E-state index is 12.8. The number of amides is 1. The van der Waals surface area contributed by atoms with Crippen molar-refractivity contribution in [1.82, 2.24) is 9.88 Å². The van der Waals surface area contributed by atoms with E-state index < -0.39 is 5.97 Å². The number of H-pyrrole nitrogens is 1. The van der Waals surface area contributed by atoms with E-state index in [9.17, 15) is 9.59 Å². The lowest BCUT2D eigenvalue weighted by molar-refractivity contribution is 0.0674. The summed E-state index contributed by atoms with van der Waals surface area (Å²) < 4.78 is 0. The van der Waals surface area contributed by atoms with Crippen LogP contribution in [0.4, 0.5) is 0 Å². The number of aromatic nitrogens is 1. The number of carboxylic acid groups (broad SMARTS) is 1. The lowest BCUT2D eigenvalue weighted by Crippen LogP contribution is -2.40. The molecular formula is C15H22N2O3. The third-order valence-corrected chi connectivity index (χ3v) is 4.36. The molecule has 110 valence electrons. The Kier molecular flexibility index (Phi) is 3.88. The monoisotopic (exact) mass is 278 g/mol. The number of nitrogens with zero attached hydrogens (tertiary/aromatic N) is 1. The second-order valence-corrected chi connectivity index (χ2v) is 5.63. The standard InChI is InChI=1S/C15H22N2O3/c1-5-11-7-6-8(2)17(11)14(18)12-9(3)13(15(19)20)16-10(12)4/h8,11,16H,5-7H2,1-4H3,(H,19,20). The zero-order valence-corrected chi connectivity index (χ0v) is 12.5. The summed E-state index contributed by atoms with van der Waals surface area (Å²) in [5.74, 6) is -1.06. The van der Waals surface area contributed by atoms with E-state index in [1.807, 2.05) is 4.90 Å². The van der Waals surface area contributed by atoms with Gasteiger partial charge in [-0.15, -0.1) is 0 Å². The lowest BCUT2D eigenvalue weighted by atomic mass is 10.1. The van der Waals surface area contributed by atoms with Gasteiger partial charge in [-0.1, -0.05) is 6.92 Å². The van der Waals surface area contributed by atoms with Gasteiger partial charge in [0, 0.05) is 17.8 Å². The fourth-order valence-electron chi connectivity index (χ4n) is 3.25. The Labute approximate surface area is 119 Å². The number of carboxylic acids is 1. The van der Waals surface area contributed by atoms with Gasteiger partial charge < -0.3 is 15.0 Å². The summed E-state index contributed by atoms with van der Waals surface area (Å²) >= 11 is 0. The van der Waals surface area contributed by atoms with Crippen molar-refractivity contribution in [2.24, 2.45) is 0 Å². The molecule has 2 atom stereocenters. The lowest BCUT2D eigenvalue weighted by Gasteiger charge is -2.28. The molecule has 5 heteroatoms. The van der Waals surface area contributed by atoms with Crippen LogP contribution in [0.15, 0.2) is 0 Å². The van der Waals surface area contributed by atoms with Crippen LogP contribution in [0.5, 0.6) is 0 Å². The van der Waals surface area contributed by atoms with E-state index in [1.165, 1.54) is 0 Å². The van der Waals surface area contributed by atoms with Crippen molar-refractivity contribution in [3.63, 3.8) is 0 Å². The van der Waals surface area contributed by atoms with Crippen LogP contribution < -0.4 is 0 Å². The highest BCUT2D eigenvalue weighted by Gasteiger charge is 2.36. The molecule has 2 heterocycles. The highest BCUT2D eigenvalue weighted by atomic mass is 16.4. The average molecular weight is 278 g/mol. The van der Waals surface area contributed by atoms with Crippen LogP contribution in [-0.2, 0) is 0 Å². The minimum absolute atomic E-state index is 0.0411. The first-order valence-electron chi connectivity index (χ1n) is 7.13. The molecule has 2 rings (SSSR count). The van der Waals surface area contributed by atoms with Crippen molar-refractivity contribution in [1.29, 1.82) is 0 Å². The molecule has 1 aromatic heterocycles. The van der Waals surface area contributed by atoms with Crippen LogP contribution in [-0.4, -0.2) is 39.0 Å². The third kappa shape index (κ3) is 2.21. The van der Waals surface area contributed by atoms with Gasteiger partial charge in [-0.05, 0) is 45.6 Å². The summed E-state index contributed by atoms with van der Waals surface area (Å²) in [6, 6.07) is 0.480. The van der Waals surface area contributed by atoms with Crippen LogP contribution in [0, 0.1) is 13.8 Å². The first-order chi connectivity index (χ1) is 9.38. The Bertz CT molecular complexity index is 548. The van der Waals surface area contributed by atoms with Crippen molar-refractivity contribution in [3.8, 4) is 0 Å². The second kappa shape index (κ2) is 5.31. The summed E-state index contributed by atoms with van der Waals surface area (Å²) in [5, 5.41) is 9.14. The fourth-order valence-corrected chi connectivity index (χ4v) is 3.25. The highest BCUT2D eigenvalue weighted by Crippen LogP contribution is 2.30. The van der Waals surface area contributed by atoms with Crippen LogP contribution in [0.3, 0.4) is 0 Å². The van der Waals surface area contributed by atoms with E-state index in [-0.39, 0.29) is 23.7 Å². The Morgan fingerprint density at radius 1 is 1.35 bits per heavy atom. The quantitative estimate of drug-likeness (QED) is 0.892. The smallest absolute Gasteiger partial charge is 0.352 e. The molecule has 20 heavy (non-hydrogen) atoms. The van der Waals surface area contributed by atoms with Gasteiger partial charge in [0.2, 0.25) is 0 Å². The number of aryl methyl sites for hydroxylation is 1. The molecule has 0 saturated carbocycles. The minimum Gasteiger partial charge on any atom is -0.477 e. The normalized spacial score (nSPS) is 22.3. The van der Waals surface area contributed by atoms with Gasteiger partial charge in [0.05, 0.1) is 5.56 Å². The van der Waals surface area contributed by atoms with E-state index in [1.54, 1.807) is 13.8 Å². The zero-order chi connectivity index (χ0) is 15.0. The van der Waals surface area contributed by atoms with E-state index in [4.69, 9.17) is 5.11 Å². The molecule has 0 spiro atoms. The number of hydrogen-bond donors (Lipinski definition) is 2. The second-order valence-electron chi connectivity index (χ2n) is 5.63. The van der Waals surface area contributed by atoms with Crippen molar-refractivity contribution in [2.45, 2.75) is 59.0 Å². The van der Waals surface area contributed by atoms with Gasteiger partial charge >= 0.3 is 5.97 Å². The van der Waals surface area contributed by atoms with Crippen molar-refractivity contribution in [2.75, 3.05) is 0 Å². The van der Waals surface area contributed by atoms with E-state index in [0.717, 1.165) is 19.3 Å². The van der Waals surface area contributed by atoms with E-state index in [2.05, 4.69) is 18.8 Å². The molecule has 1 fully saturated rings. The van der Waals surface area contributed by atoms with Gasteiger partial charge in [-0.3, -0.25) is 4.79 Å². The number of aromatic amines is 1. The first-order valence-corrected chi connectivity index (χ1v) is 7.13. The molecule has 2 unspecified atom stereocenters. The van der Waals surface area contributed by atoms with Gasteiger partial charge in [0.15, 0.2) is 0 Å². The molecule has 1 saturated heterocycles. The molecule has 0 radical (unpaired) electrons. The Hall–Kier alpha value is -1.78. The number of likely N-dealkylation sites (tertiary alicyclic amines) is 1. The molecule has 1 amide bonds. The molecule has 0 aliphatic carbocycles. The van der Waals surface area contributed by atoms with Gasteiger partial charge in [-0.25, -0.2) is 4.79 Å². The molecular weight excluding hydrogens is 256 g/mol. The molecule has 1 aliphatic heterocycles. The van der Waals surface area contributed by atoms with E-state index >= 15 is 0 Å². The third-order valence-electron chi connectivity index (χ3n) is 4.36. The van der Waals surface area contributed by atoms with Crippen LogP contribution in [0.25, 0.3) is 0 Å². The Morgan fingerprint density at radius 2 is 2.00 bits per heavy atom. The predicted octanol–water partition coefficient (Wildman–Crippen LogP) is 2.73. The van der Waals surface area contributed by atoms with Crippen molar-refractivity contribution in [3.05, 3.63) is 22.5 Å². The SMILES string of the molecule is CCC1CCC(C)N1C(=O)c1c(C)[nH]c(C(=O)O)c1C. The number of carbonyl (C=O) groups excluding carboxylic acids is 1. The Balaban J connectivity index is 2.41. The summed E-state index contributed by atoms with van der Waals surface area (Å²) in [6.07, 6.45) is 2.97. The van der Waals surface area contributed by atoms with Gasteiger partial charge in [0.25, 0.3) is 5.91 Å². The minimum atomic E-state index is -1.02. The topological polar surface area (TPSA) is 73.4 Å². The molecule has 1 aliphatic rings. The number of aromatic carboxylic acids is 1.